The lowest BCUT2D eigenvalue weighted by molar-refractivity contribution is 0.0697. The summed E-state index contributed by atoms with van der Waals surface area (Å²) < 4.78 is 5.79. The molecule has 0 radical (unpaired) electrons. The van der Waals surface area contributed by atoms with Crippen LogP contribution in [0.1, 0.15) is 15.9 Å². The van der Waals surface area contributed by atoms with Crippen molar-refractivity contribution in [1.82, 2.24) is 9.97 Å². The van der Waals surface area contributed by atoms with E-state index in [1.165, 1.54) is 0 Å². The van der Waals surface area contributed by atoms with E-state index < -0.39 is 5.97 Å². The summed E-state index contributed by atoms with van der Waals surface area (Å²) in [7, 11) is 0. The van der Waals surface area contributed by atoms with Crippen molar-refractivity contribution in [3.8, 4) is 11.8 Å². The number of aromatic nitrogens is 2. The third-order valence-corrected chi connectivity index (χ3v) is 4.49. The molecule has 0 spiro atoms. The van der Waals surface area contributed by atoms with Gasteiger partial charge in [0.05, 0.1) is 11.1 Å². The van der Waals surface area contributed by atoms with E-state index in [2.05, 4.69) is 15.3 Å². The molecule has 7 heteroatoms. The highest BCUT2D eigenvalue weighted by Gasteiger charge is 2.11. The summed E-state index contributed by atoms with van der Waals surface area (Å²) >= 11 is 6.15. The van der Waals surface area contributed by atoms with Crippen molar-refractivity contribution in [2.45, 2.75) is 6.54 Å². The van der Waals surface area contributed by atoms with Crippen molar-refractivity contribution in [1.29, 1.82) is 0 Å². The summed E-state index contributed by atoms with van der Waals surface area (Å²) in [6.07, 6.45) is 0. The topological polar surface area (TPSA) is 84.3 Å². The first kappa shape index (κ1) is 18.7. The Kier molecular flexibility index (Phi) is 5.27. The minimum absolute atomic E-state index is 0.217. The van der Waals surface area contributed by atoms with Crippen molar-refractivity contribution in [2.75, 3.05) is 5.32 Å². The largest absolute Gasteiger partial charge is 0.478 e. The van der Waals surface area contributed by atoms with Crippen LogP contribution >= 0.6 is 11.6 Å². The maximum atomic E-state index is 11.0. The first-order valence-electron chi connectivity index (χ1n) is 8.85. The summed E-state index contributed by atoms with van der Waals surface area (Å²) in [5, 5.41) is 13.6. The number of carboxylic acids is 1. The van der Waals surface area contributed by atoms with Crippen LogP contribution in [0.2, 0.25) is 5.02 Å². The number of carbonyl (C=O) groups is 1. The Morgan fingerprint density at radius 2 is 1.76 bits per heavy atom. The molecule has 0 unspecified atom stereocenters. The van der Waals surface area contributed by atoms with Crippen molar-refractivity contribution in [3.05, 3.63) is 88.9 Å². The third-order valence-electron chi connectivity index (χ3n) is 4.25. The molecule has 0 atom stereocenters. The number of nitrogens with one attached hydrogen (secondary N) is 1. The molecule has 0 aliphatic heterocycles. The number of para-hydroxylation sites is 1. The van der Waals surface area contributed by atoms with Gasteiger partial charge in [-0.15, -0.1) is 0 Å². The number of hydrogen-bond acceptors (Lipinski definition) is 5. The number of carboxylic acid groups (broad SMARTS) is 1. The molecule has 1 aromatic heterocycles. The Morgan fingerprint density at radius 3 is 2.48 bits per heavy atom. The van der Waals surface area contributed by atoms with Crippen LogP contribution in [-0.2, 0) is 6.54 Å². The predicted molar refractivity (Wildman–Crippen MR) is 112 cm³/mol. The van der Waals surface area contributed by atoms with Gasteiger partial charge < -0.3 is 15.2 Å². The van der Waals surface area contributed by atoms with E-state index in [9.17, 15) is 4.79 Å². The highest BCUT2D eigenvalue weighted by molar-refractivity contribution is 6.31. The zero-order chi connectivity index (χ0) is 20.2. The Labute approximate surface area is 171 Å². The van der Waals surface area contributed by atoms with Crippen LogP contribution in [0.25, 0.3) is 10.9 Å². The van der Waals surface area contributed by atoms with E-state index >= 15 is 0 Å². The van der Waals surface area contributed by atoms with Gasteiger partial charge in [-0.05, 0) is 48.0 Å². The zero-order valence-corrected chi connectivity index (χ0v) is 15.9. The molecular weight excluding hydrogens is 390 g/mol. The number of ether oxygens (including phenoxy) is 1. The minimum atomic E-state index is -0.955. The first-order valence-corrected chi connectivity index (χ1v) is 9.22. The normalized spacial score (nSPS) is 10.7. The van der Waals surface area contributed by atoms with Crippen LogP contribution in [0.15, 0.2) is 72.8 Å². The highest BCUT2D eigenvalue weighted by Crippen LogP contribution is 2.28. The smallest absolute Gasteiger partial charge is 0.335 e. The van der Waals surface area contributed by atoms with Crippen LogP contribution < -0.4 is 10.1 Å². The minimum Gasteiger partial charge on any atom is -0.478 e. The van der Waals surface area contributed by atoms with Gasteiger partial charge in [-0.1, -0.05) is 41.9 Å². The molecule has 144 valence electrons. The van der Waals surface area contributed by atoms with Gasteiger partial charge in [-0.2, -0.15) is 9.97 Å². The zero-order valence-electron chi connectivity index (χ0n) is 15.2. The lowest BCUT2D eigenvalue weighted by atomic mass is 10.1. The van der Waals surface area contributed by atoms with Gasteiger partial charge in [-0.25, -0.2) is 4.79 Å². The third kappa shape index (κ3) is 4.44. The molecule has 3 aromatic carbocycles. The average Bonchev–Trinajstić information content (AvgIpc) is 2.73. The molecule has 29 heavy (non-hydrogen) atoms. The van der Waals surface area contributed by atoms with E-state index in [0.717, 1.165) is 10.9 Å². The second kappa shape index (κ2) is 8.16. The number of fused-ring (bicyclic) bond motifs is 1. The second-order valence-corrected chi connectivity index (χ2v) is 6.72. The molecule has 0 aliphatic carbocycles. The van der Waals surface area contributed by atoms with Crippen molar-refractivity contribution >= 4 is 34.3 Å². The number of anilines is 1. The monoisotopic (exact) mass is 405 g/mol. The molecule has 2 N–H and O–H groups in total. The second-order valence-electron chi connectivity index (χ2n) is 6.29. The van der Waals surface area contributed by atoms with Gasteiger partial charge in [0.2, 0.25) is 0 Å². The van der Waals surface area contributed by atoms with E-state index in [1.807, 2.05) is 36.4 Å². The number of nitrogens with zero attached hydrogens (tertiary/aromatic N) is 2. The summed E-state index contributed by atoms with van der Waals surface area (Å²) in [6, 6.07) is 21.5. The number of rotatable bonds is 6. The molecule has 4 aromatic rings. The quantitative estimate of drug-likeness (QED) is 0.447. The Bertz CT molecular complexity index is 1170. The van der Waals surface area contributed by atoms with Crippen molar-refractivity contribution in [3.63, 3.8) is 0 Å². The van der Waals surface area contributed by atoms with Gasteiger partial charge in [0, 0.05) is 17.0 Å². The van der Waals surface area contributed by atoms with E-state index in [1.54, 1.807) is 36.4 Å². The van der Waals surface area contributed by atoms with Gasteiger partial charge >= 0.3 is 12.0 Å². The number of aromatic carboxylic acids is 1. The molecule has 0 fully saturated rings. The van der Waals surface area contributed by atoms with Crippen LogP contribution in [0, 0.1) is 0 Å². The highest BCUT2D eigenvalue weighted by atomic mass is 35.5. The maximum Gasteiger partial charge on any atom is 0.335 e. The lowest BCUT2D eigenvalue weighted by Crippen LogP contribution is -2.05. The molecule has 0 saturated carbocycles. The van der Waals surface area contributed by atoms with Gasteiger partial charge in [0.25, 0.3) is 0 Å². The molecule has 0 aliphatic rings. The van der Waals surface area contributed by atoms with Crippen LogP contribution in [-0.4, -0.2) is 21.0 Å². The summed E-state index contributed by atoms with van der Waals surface area (Å²) in [6.45, 7) is 0.448. The summed E-state index contributed by atoms with van der Waals surface area (Å²) in [4.78, 5) is 20.0. The van der Waals surface area contributed by atoms with Gasteiger partial charge in [-0.3, -0.25) is 0 Å². The fourth-order valence-electron chi connectivity index (χ4n) is 2.80. The average molecular weight is 406 g/mol. The lowest BCUT2D eigenvalue weighted by Gasteiger charge is -2.12. The Balaban J connectivity index is 1.63. The van der Waals surface area contributed by atoms with Crippen molar-refractivity contribution in [2.24, 2.45) is 0 Å². The molecule has 1 heterocycles. The van der Waals surface area contributed by atoms with E-state index in [-0.39, 0.29) is 11.6 Å². The number of benzene rings is 3. The molecule has 4 rings (SSSR count). The maximum absolute atomic E-state index is 11.0. The van der Waals surface area contributed by atoms with Gasteiger partial charge in [0.1, 0.15) is 11.6 Å². The predicted octanol–water partition coefficient (Wildman–Crippen LogP) is 5.39. The Hall–Kier alpha value is -3.64. The summed E-state index contributed by atoms with van der Waals surface area (Å²) in [5.74, 6) is 0.255. The first-order chi connectivity index (χ1) is 14.1. The number of hydrogen-bond donors (Lipinski definition) is 2. The van der Waals surface area contributed by atoms with Crippen molar-refractivity contribution < 1.29 is 14.6 Å². The van der Waals surface area contributed by atoms with E-state index in [0.29, 0.717) is 28.7 Å². The van der Waals surface area contributed by atoms with Crippen LogP contribution in [0.3, 0.4) is 0 Å². The van der Waals surface area contributed by atoms with Crippen LogP contribution in [0.4, 0.5) is 5.82 Å². The Morgan fingerprint density at radius 1 is 1.00 bits per heavy atom. The SMILES string of the molecule is O=C(O)c1ccc(CNc2nc(Oc3ccccc3)nc3ccc(Cl)cc23)cc1. The van der Waals surface area contributed by atoms with Crippen LogP contribution in [0.5, 0.6) is 11.8 Å². The fraction of sp³-hybridized carbons (Fsp3) is 0.0455. The fourth-order valence-corrected chi connectivity index (χ4v) is 2.98. The number of halogens is 1. The summed E-state index contributed by atoms with van der Waals surface area (Å²) in [5.41, 5.74) is 1.85. The molecule has 0 saturated heterocycles. The molecule has 6 nitrogen and oxygen atoms in total. The molecule has 0 amide bonds. The molecular formula is C22H16ClN3O3. The standard InChI is InChI=1S/C22H16ClN3O3/c23-16-10-11-19-18(12-16)20(24-13-14-6-8-15(9-7-14)21(27)28)26-22(25-19)29-17-4-2-1-3-5-17/h1-12H,13H2,(H,27,28)(H,24,25,26). The van der Waals surface area contributed by atoms with E-state index in [4.69, 9.17) is 21.4 Å². The van der Waals surface area contributed by atoms with Gasteiger partial charge in [0.15, 0.2) is 0 Å². The molecule has 0 bridgehead atoms.